The Morgan fingerprint density at radius 3 is 0.732 bits per heavy atom. The summed E-state index contributed by atoms with van der Waals surface area (Å²) in [6.45, 7) is 4.58. The zero-order chi connectivity index (χ0) is 87.8. The highest BCUT2D eigenvalue weighted by Gasteiger charge is 2.35. The highest BCUT2D eigenvalue weighted by atomic mass is 32.2. The second kappa shape index (κ2) is 57.1. The first-order valence-corrected chi connectivity index (χ1v) is 51.0. The number of rotatable bonds is 48. The number of unbranched alkanes of at least 4 members (excludes halogenated alkanes) is 30. The van der Waals surface area contributed by atoms with Gasteiger partial charge < -0.3 is 20.2 Å². The number of aromatic nitrogens is 2. The lowest BCUT2D eigenvalue weighted by Crippen LogP contribution is -1.99. The van der Waals surface area contributed by atoms with Crippen molar-refractivity contribution in [2.75, 3.05) is 11.5 Å². The number of thioether (sulfide) groups is 2. The van der Waals surface area contributed by atoms with Crippen LogP contribution in [-0.2, 0) is 0 Å². The molecule has 0 radical (unpaired) electrons. The summed E-state index contributed by atoms with van der Waals surface area (Å²) in [6.07, 6.45) is 45.0. The molecular formula is C111H126N6O4S6. The van der Waals surface area contributed by atoms with Gasteiger partial charge in [-0.1, -0.05) is 382 Å². The van der Waals surface area contributed by atoms with Crippen LogP contribution in [0.5, 0.6) is 11.8 Å². The van der Waals surface area contributed by atoms with Crippen molar-refractivity contribution < 1.29 is 19.8 Å². The fourth-order valence-electron chi connectivity index (χ4n) is 15.3. The van der Waals surface area contributed by atoms with E-state index in [1.165, 1.54) is 231 Å². The summed E-state index contributed by atoms with van der Waals surface area (Å²) >= 11 is 10.5. The second-order valence-corrected chi connectivity index (χ2v) is 39.0. The van der Waals surface area contributed by atoms with Gasteiger partial charge in [-0.2, -0.15) is 10.5 Å². The Hall–Kier alpha value is -9.88. The summed E-state index contributed by atoms with van der Waals surface area (Å²) in [7, 11) is 0. The van der Waals surface area contributed by atoms with Crippen LogP contribution in [0.3, 0.4) is 0 Å². The van der Waals surface area contributed by atoms with Crippen LogP contribution >= 0.6 is 70.6 Å². The van der Waals surface area contributed by atoms with Crippen molar-refractivity contribution in [1.29, 1.82) is 10.5 Å². The standard InChI is InChI=1S/C42H52N2O2S2.C30H20N2O2S2.C25H41NS.C13H9NS.CH4/c1-2-3-4-5-6-7-8-9-10-11-12-13-14-15-16-20-31-47-34-27-23-32(24-28-34)39-37-38(42(46)43-39)40(44-41(37)45)33-25-29-36(30-26-33)48-35-21-18-17-19-22-35;33-29-25-26(28(32-29)20-13-17-24(18-14-20)36-22-9-5-2-6-10-22)30(34)31-27(25)19-11-15-23(16-12-19)35-21-7-3-1-4-8-21;1-2-3-4-5-6-7-8-9-10-11-12-13-14-15-16-17-22-27-25-20-18-24(23-26)19-21-25;14-10-11-6-8-13(9-7-11)15-12-4-2-1-3-5-12;/h17-19,21-30,43,46H,2-16,20,31H2,1H3;1-18,31,34H;18-21H,2-17,22H2,1H3;1-9H;1H4. The average Bonchev–Trinajstić information content (AvgIpc) is 1.60. The fraction of sp³-hybridized carbons (Fsp3) is 0.333. The van der Waals surface area contributed by atoms with Gasteiger partial charge in [-0.25, -0.2) is 9.98 Å². The van der Waals surface area contributed by atoms with E-state index in [-0.39, 0.29) is 31.0 Å². The minimum absolute atomic E-state index is 0. The molecule has 12 aromatic rings. The molecule has 660 valence electrons. The number of nitrogens with one attached hydrogen (secondary N) is 2. The molecule has 4 N–H and O–H groups in total. The summed E-state index contributed by atoms with van der Waals surface area (Å²) in [6, 6.07) is 92.7. The number of fused-ring (bicyclic) bond motifs is 2. The Labute approximate surface area is 782 Å². The molecule has 10 nitrogen and oxygen atoms in total. The SMILES string of the molecule is C.CCCCCCCCCCCCCCCCCCSc1ccc(-c2[nH]c(O)c3c2C(=O)N=C3c2ccc(Sc3ccccc3)cc2)cc1.CCCCCCCCCCCCCCCCCCSc1ccc(C#N)cc1.N#Cc1ccc(Sc2ccccc2)cc1.O=C1N=C(c2ccc(Sc3ccccc3)cc2)c2c(O)[nH]c(-c3ccc(Sc4ccccc4)cc3)c21. The van der Waals surface area contributed by atoms with E-state index < -0.39 is 0 Å². The molecule has 0 unspecified atom stereocenters. The maximum absolute atomic E-state index is 13.1. The van der Waals surface area contributed by atoms with Gasteiger partial charge in [0, 0.05) is 60.1 Å². The number of hydrogen-bond donors (Lipinski definition) is 4. The second-order valence-electron chi connectivity index (χ2n) is 32.1. The molecule has 0 aliphatic carbocycles. The number of carbonyl (C=O) groups is 2. The molecule has 14 rings (SSSR count). The maximum atomic E-state index is 13.1. The lowest BCUT2D eigenvalue weighted by atomic mass is 10.0. The van der Waals surface area contributed by atoms with Gasteiger partial charge in [-0.15, -0.1) is 23.5 Å². The number of amides is 2. The van der Waals surface area contributed by atoms with E-state index in [1.54, 1.807) is 47.0 Å². The summed E-state index contributed by atoms with van der Waals surface area (Å²) in [5.74, 6) is 1.58. The number of aromatic hydroxyl groups is 2. The van der Waals surface area contributed by atoms with Crippen LogP contribution < -0.4 is 0 Å². The van der Waals surface area contributed by atoms with Crippen molar-refractivity contribution in [3.63, 3.8) is 0 Å². The third-order valence-corrected chi connectivity index (χ3v) is 28.5. The Balaban J connectivity index is 0.000000188. The van der Waals surface area contributed by atoms with Crippen molar-refractivity contribution in [2.24, 2.45) is 9.98 Å². The van der Waals surface area contributed by atoms with E-state index in [9.17, 15) is 19.8 Å². The van der Waals surface area contributed by atoms with E-state index >= 15 is 0 Å². The van der Waals surface area contributed by atoms with Gasteiger partial charge in [0.25, 0.3) is 11.8 Å². The lowest BCUT2D eigenvalue weighted by Gasteiger charge is -2.05. The number of nitrogens with zero attached hydrogens (tertiary/aromatic N) is 4. The highest BCUT2D eigenvalue weighted by Crippen LogP contribution is 2.43. The minimum atomic E-state index is -0.350. The maximum Gasteiger partial charge on any atom is 0.280 e. The molecular weight excluding hydrogens is 1670 g/mol. The topological polar surface area (TPSA) is 178 Å². The summed E-state index contributed by atoms with van der Waals surface area (Å²) in [5.41, 5.74) is 8.75. The Morgan fingerprint density at radius 2 is 0.480 bits per heavy atom. The lowest BCUT2D eigenvalue weighted by molar-refractivity contribution is 0.0998. The summed E-state index contributed by atoms with van der Waals surface area (Å²) < 4.78 is 0. The summed E-state index contributed by atoms with van der Waals surface area (Å²) in [5, 5.41) is 39.1. The van der Waals surface area contributed by atoms with Crippen LogP contribution in [0, 0.1) is 22.7 Å². The van der Waals surface area contributed by atoms with Crippen LogP contribution in [0.15, 0.2) is 326 Å². The molecule has 16 heteroatoms. The molecule has 127 heavy (non-hydrogen) atoms. The van der Waals surface area contributed by atoms with Crippen molar-refractivity contribution in [3.8, 4) is 46.4 Å². The molecule has 0 fully saturated rings. The van der Waals surface area contributed by atoms with E-state index in [4.69, 9.17) is 10.5 Å². The molecule has 10 aromatic carbocycles. The molecule has 0 saturated heterocycles. The fourth-order valence-corrected chi connectivity index (χ4v) is 20.5. The molecule has 0 bridgehead atoms. The van der Waals surface area contributed by atoms with Crippen LogP contribution in [0.1, 0.15) is 281 Å². The van der Waals surface area contributed by atoms with Gasteiger partial charge in [-0.3, -0.25) is 9.59 Å². The molecule has 2 aliphatic heterocycles. The first-order valence-electron chi connectivity index (χ1n) is 45.8. The van der Waals surface area contributed by atoms with Gasteiger partial charge in [0.1, 0.15) is 0 Å². The predicted molar refractivity (Wildman–Crippen MR) is 540 cm³/mol. The van der Waals surface area contributed by atoms with Crippen molar-refractivity contribution >= 4 is 93.8 Å². The molecule has 2 aliphatic rings. The third-order valence-electron chi connectivity index (χ3n) is 22.2. The zero-order valence-electron chi connectivity index (χ0n) is 73.4. The Bertz CT molecular complexity index is 5340. The number of H-pyrrole nitrogens is 2. The molecule has 2 aromatic heterocycles. The highest BCUT2D eigenvalue weighted by molar-refractivity contribution is 8.00. The first kappa shape index (κ1) is 99.3. The molecule has 0 saturated carbocycles. The van der Waals surface area contributed by atoms with Crippen LogP contribution in [-0.4, -0.2) is 54.9 Å². The molecule has 0 spiro atoms. The van der Waals surface area contributed by atoms with Gasteiger partial charge >= 0.3 is 0 Å². The number of aromatic amines is 2. The van der Waals surface area contributed by atoms with E-state index in [1.807, 2.05) is 218 Å². The minimum Gasteiger partial charge on any atom is -0.494 e. The number of carbonyl (C=O) groups excluding carboxylic acids is 2. The van der Waals surface area contributed by atoms with Crippen LogP contribution in [0.2, 0.25) is 0 Å². The molecule has 0 atom stereocenters. The largest absolute Gasteiger partial charge is 0.494 e. The first-order chi connectivity index (χ1) is 62.0. The molecule has 4 heterocycles. The monoisotopic (exact) mass is 1800 g/mol. The normalized spacial score (nSPS) is 11.7. The third kappa shape index (κ3) is 33.6. The predicted octanol–water partition coefficient (Wildman–Crippen LogP) is 33.8. The smallest absolute Gasteiger partial charge is 0.280 e. The molecule has 2 amide bonds. The number of nitriles is 2. The van der Waals surface area contributed by atoms with Gasteiger partial charge in [0.2, 0.25) is 0 Å². The van der Waals surface area contributed by atoms with E-state index in [2.05, 4.69) is 119 Å². The average molecular weight is 1800 g/mol. The van der Waals surface area contributed by atoms with Crippen molar-refractivity contribution in [1.82, 2.24) is 9.97 Å². The van der Waals surface area contributed by atoms with Gasteiger partial charge in [0.15, 0.2) is 11.8 Å². The number of aliphatic imine (C=N–C) groups is 2. The van der Waals surface area contributed by atoms with Crippen molar-refractivity contribution in [3.05, 3.63) is 311 Å². The van der Waals surface area contributed by atoms with Crippen LogP contribution in [0.25, 0.3) is 22.5 Å². The van der Waals surface area contributed by atoms with E-state index in [0.29, 0.717) is 50.6 Å². The van der Waals surface area contributed by atoms with Gasteiger partial charge in [-0.05, 0) is 181 Å². The zero-order valence-corrected chi connectivity index (χ0v) is 78.3. The quantitative estimate of drug-likeness (QED) is 0.0210. The Morgan fingerprint density at radius 1 is 0.268 bits per heavy atom. The number of hydrogen-bond acceptors (Lipinski definition) is 12. The van der Waals surface area contributed by atoms with Crippen LogP contribution in [0.4, 0.5) is 0 Å². The summed E-state index contributed by atoms with van der Waals surface area (Å²) in [4.78, 5) is 52.4. The Kier molecular flexibility index (Phi) is 44.7. The number of benzene rings is 10. The van der Waals surface area contributed by atoms with Gasteiger partial charge in [0.05, 0.1) is 68.3 Å². The van der Waals surface area contributed by atoms with E-state index in [0.717, 1.165) is 62.9 Å². The van der Waals surface area contributed by atoms with Crippen molar-refractivity contribution in [2.45, 2.75) is 276 Å².